The summed E-state index contributed by atoms with van der Waals surface area (Å²) >= 11 is 0. The Kier molecular flexibility index (Phi) is 4.46. The number of carbonyl (C=O) groups is 1. The lowest BCUT2D eigenvalue weighted by molar-refractivity contribution is -0.201. The summed E-state index contributed by atoms with van der Waals surface area (Å²) in [5.41, 5.74) is 1.72. The molecule has 4 aliphatic carbocycles. The molecule has 9 atom stereocenters. The maximum atomic E-state index is 12.9. The lowest BCUT2D eigenvalue weighted by Gasteiger charge is -2.66. The van der Waals surface area contributed by atoms with E-state index in [0.29, 0.717) is 30.0 Å². The lowest BCUT2D eigenvalue weighted by atomic mass is 9.37. The number of ether oxygens (including phenoxy) is 2. The molecular weight excluding hydrogens is 424 g/mol. The lowest BCUT2D eigenvalue weighted by Crippen LogP contribution is -2.61. The van der Waals surface area contributed by atoms with Gasteiger partial charge in [0.2, 0.25) is 0 Å². The number of carbonyl (C=O) groups excluding carboxylic acids is 1. The van der Waals surface area contributed by atoms with E-state index in [-0.39, 0.29) is 33.9 Å². The van der Waals surface area contributed by atoms with Crippen LogP contribution in [0.2, 0.25) is 0 Å². The van der Waals surface area contributed by atoms with E-state index in [9.17, 15) is 9.90 Å². The molecule has 1 spiro atoms. The Morgan fingerprint density at radius 2 is 1.79 bits per heavy atom. The third kappa shape index (κ3) is 2.54. The average Bonchev–Trinajstić information content (AvgIpc) is 3.16. The highest BCUT2D eigenvalue weighted by Gasteiger charge is 2.72. The van der Waals surface area contributed by atoms with Crippen LogP contribution in [0.4, 0.5) is 0 Å². The molecular formula is C30H44O4. The minimum Gasteiger partial charge on any atom is -0.388 e. The van der Waals surface area contributed by atoms with E-state index in [1.807, 2.05) is 13.8 Å². The second-order valence-corrected chi connectivity index (χ2v) is 14.6. The zero-order chi connectivity index (χ0) is 24.7. The van der Waals surface area contributed by atoms with Gasteiger partial charge >= 0.3 is 0 Å². The SMILES string of the molecule is C[C@@H]1C[C@@H]2O[C@@]3(C[C@@]4(C)C(=C13)C=C[C@H]1[C@@]3(C)CCC(=O)C(C)(C)[C@@H]3CC[C@@]14C)O[C@H]2C(C)(C)O. The van der Waals surface area contributed by atoms with E-state index in [1.165, 1.54) is 11.1 Å². The molecule has 2 heterocycles. The number of allylic oxidation sites excluding steroid dienone is 3. The van der Waals surface area contributed by atoms with Crippen molar-refractivity contribution in [3.8, 4) is 0 Å². The van der Waals surface area contributed by atoms with Gasteiger partial charge in [0.1, 0.15) is 11.9 Å². The van der Waals surface area contributed by atoms with Gasteiger partial charge in [0.25, 0.3) is 0 Å². The molecule has 2 saturated carbocycles. The topological polar surface area (TPSA) is 55.8 Å². The van der Waals surface area contributed by atoms with E-state index < -0.39 is 11.4 Å². The molecule has 1 N–H and O–H groups in total. The second kappa shape index (κ2) is 6.47. The van der Waals surface area contributed by atoms with Gasteiger partial charge in [0, 0.05) is 23.7 Å². The van der Waals surface area contributed by atoms with Crippen LogP contribution in [-0.2, 0) is 14.3 Å². The van der Waals surface area contributed by atoms with Crippen molar-refractivity contribution in [3.63, 3.8) is 0 Å². The Bertz CT molecular complexity index is 1020. The van der Waals surface area contributed by atoms with Gasteiger partial charge in [-0.3, -0.25) is 4.79 Å². The van der Waals surface area contributed by atoms with Crippen molar-refractivity contribution in [1.29, 1.82) is 0 Å². The molecule has 6 aliphatic rings. The molecule has 4 heteroatoms. The molecule has 0 radical (unpaired) electrons. The number of hydrogen-bond acceptors (Lipinski definition) is 4. The number of Topliss-reactive ketones (excluding diaryl/α,β-unsaturated/α-hetero) is 1. The van der Waals surface area contributed by atoms with E-state index in [4.69, 9.17) is 9.47 Å². The fraction of sp³-hybridized carbons (Fsp3) is 0.833. The molecule has 0 aromatic heterocycles. The molecule has 6 rings (SSSR count). The summed E-state index contributed by atoms with van der Waals surface area (Å²) in [6.07, 6.45) is 10.2. The van der Waals surface area contributed by atoms with Gasteiger partial charge in [0.05, 0.1) is 11.7 Å². The molecule has 0 aromatic rings. The molecule has 34 heavy (non-hydrogen) atoms. The summed E-state index contributed by atoms with van der Waals surface area (Å²) in [4.78, 5) is 12.9. The summed E-state index contributed by atoms with van der Waals surface area (Å²) in [6, 6.07) is 0. The van der Waals surface area contributed by atoms with E-state index in [1.54, 1.807) is 0 Å². The van der Waals surface area contributed by atoms with Gasteiger partial charge in [-0.15, -0.1) is 0 Å². The Morgan fingerprint density at radius 1 is 1.09 bits per heavy atom. The average molecular weight is 469 g/mol. The Hall–Kier alpha value is -0.970. The first kappa shape index (κ1) is 23.4. The molecule has 0 amide bonds. The Balaban J connectivity index is 1.46. The minimum absolute atomic E-state index is 0.0566. The predicted molar refractivity (Wildman–Crippen MR) is 132 cm³/mol. The van der Waals surface area contributed by atoms with E-state index >= 15 is 0 Å². The van der Waals surface area contributed by atoms with Crippen molar-refractivity contribution in [1.82, 2.24) is 0 Å². The minimum atomic E-state index is -0.934. The van der Waals surface area contributed by atoms with E-state index in [2.05, 4.69) is 53.7 Å². The zero-order valence-electron chi connectivity index (χ0n) is 22.5. The summed E-state index contributed by atoms with van der Waals surface area (Å²) < 4.78 is 13.5. The fourth-order valence-corrected chi connectivity index (χ4v) is 10.2. The highest BCUT2D eigenvalue weighted by molar-refractivity contribution is 5.85. The normalized spacial score (nSPS) is 53.3. The molecule has 0 unspecified atom stereocenters. The molecule has 2 bridgehead atoms. The first-order valence-corrected chi connectivity index (χ1v) is 13.6. The van der Waals surface area contributed by atoms with Crippen molar-refractivity contribution in [3.05, 3.63) is 23.3 Å². The zero-order valence-corrected chi connectivity index (χ0v) is 22.5. The van der Waals surface area contributed by atoms with Crippen molar-refractivity contribution in [2.75, 3.05) is 0 Å². The van der Waals surface area contributed by atoms with Crippen molar-refractivity contribution in [2.45, 2.75) is 118 Å². The number of fused-ring (bicyclic) bond motifs is 6. The van der Waals surface area contributed by atoms with Gasteiger partial charge < -0.3 is 14.6 Å². The Morgan fingerprint density at radius 3 is 2.47 bits per heavy atom. The summed E-state index contributed by atoms with van der Waals surface area (Å²) in [5, 5.41) is 10.9. The van der Waals surface area contributed by atoms with Gasteiger partial charge in [-0.25, -0.2) is 0 Å². The van der Waals surface area contributed by atoms with Gasteiger partial charge in [-0.2, -0.15) is 0 Å². The summed E-state index contributed by atoms with van der Waals surface area (Å²) in [5.74, 6) is 0.966. The molecule has 2 saturated heterocycles. The standard InChI is InChI=1S/C30H44O4/c1-17-15-19-24(26(4,5)32)34-30(33-19)16-29(8)18(23(17)30)9-10-21-27(6)13-12-22(31)25(2,3)20(27)11-14-28(21,29)7/h9-10,17,19-21,24,32H,11-16H2,1-8H3/t17-,19+,20+,21+,24-,27+,28+,29+,30+/m1/s1. The van der Waals surface area contributed by atoms with Crippen LogP contribution in [0.15, 0.2) is 23.3 Å². The van der Waals surface area contributed by atoms with Crippen LogP contribution >= 0.6 is 0 Å². The monoisotopic (exact) mass is 468 g/mol. The molecule has 0 aromatic carbocycles. The molecule has 4 fully saturated rings. The van der Waals surface area contributed by atoms with Gasteiger partial charge in [-0.1, -0.05) is 53.7 Å². The maximum Gasteiger partial charge on any atom is 0.193 e. The first-order valence-electron chi connectivity index (χ1n) is 13.6. The Labute approximate surface area is 205 Å². The highest BCUT2D eigenvalue weighted by Crippen LogP contribution is 2.75. The number of ketones is 1. The summed E-state index contributed by atoms with van der Waals surface area (Å²) in [7, 11) is 0. The first-order chi connectivity index (χ1) is 15.6. The predicted octanol–water partition coefficient (Wildman–Crippen LogP) is 5.98. The summed E-state index contributed by atoms with van der Waals surface area (Å²) in [6.45, 7) is 17.9. The van der Waals surface area contributed by atoms with Crippen molar-refractivity contribution < 1.29 is 19.4 Å². The third-order valence-electron chi connectivity index (χ3n) is 12.0. The van der Waals surface area contributed by atoms with Gasteiger partial charge in [0.15, 0.2) is 5.79 Å². The number of aliphatic hydroxyl groups is 1. The fourth-order valence-electron chi connectivity index (χ4n) is 10.2. The van der Waals surface area contributed by atoms with Crippen LogP contribution < -0.4 is 0 Å². The highest BCUT2D eigenvalue weighted by atomic mass is 16.8. The van der Waals surface area contributed by atoms with Crippen LogP contribution in [0.3, 0.4) is 0 Å². The smallest absolute Gasteiger partial charge is 0.193 e. The van der Waals surface area contributed by atoms with Crippen LogP contribution in [-0.4, -0.2) is 34.5 Å². The molecule has 4 nitrogen and oxygen atoms in total. The van der Waals surface area contributed by atoms with Crippen LogP contribution in [0.5, 0.6) is 0 Å². The largest absolute Gasteiger partial charge is 0.388 e. The van der Waals surface area contributed by atoms with Crippen LogP contribution in [0.1, 0.15) is 93.9 Å². The van der Waals surface area contributed by atoms with Crippen LogP contribution in [0, 0.1) is 39.4 Å². The number of rotatable bonds is 1. The van der Waals surface area contributed by atoms with Crippen LogP contribution in [0.25, 0.3) is 0 Å². The third-order valence-corrected chi connectivity index (χ3v) is 12.0. The van der Waals surface area contributed by atoms with Crippen molar-refractivity contribution in [2.24, 2.45) is 39.4 Å². The molecule has 188 valence electrons. The maximum absolute atomic E-state index is 12.9. The van der Waals surface area contributed by atoms with E-state index in [0.717, 1.165) is 32.1 Å². The second-order valence-electron chi connectivity index (χ2n) is 14.6. The van der Waals surface area contributed by atoms with Gasteiger partial charge in [-0.05, 0) is 79.3 Å². The molecule has 2 aliphatic heterocycles. The quantitative estimate of drug-likeness (QED) is 0.514. The van der Waals surface area contributed by atoms with Crippen molar-refractivity contribution >= 4 is 5.78 Å². The number of hydrogen-bond donors (Lipinski definition) is 1.